The average Bonchev–Trinajstić information content (AvgIpc) is 2.55. The lowest BCUT2D eigenvalue weighted by Gasteiger charge is -2.08. The minimum Gasteiger partial charge on any atom is -0.329 e. The van der Waals surface area contributed by atoms with Gasteiger partial charge in [0.1, 0.15) is 0 Å². The summed E-state index contributed by atoms with van der Waals surface area (Å²) in [5.74, 6) is -0.354. The Morgan fingerprint density at radius 2 is 1.55 bits per heavy atom. The van der Waals surface area contributed by atoms with Crippen molar-refractivity contribution in [2.75, 3.05) is 17.2 Å². The average molecular weight is 294 g/mol. The molecule has 0 aliphatic carbocycles. The molecule has 6 nitrogen and oxygen atoms in total. The fourth-order valence-corrected chi connectivity index (χ4v) is 1.69. The van der Waals surface area contributed by atoms with E-state index in [9.17, 15) is 9.59 Å². The zero-order chi connectivity index (χ0) is 15.8. The first-order valence-electron chi connectivity index (χ1n) is 6.57. The molecule has 3 amide bonds. The van der Waals surface area contributed by atoms with E-state index in [0.29, 0.717) is 16.9 Å². The summed E-state index contributed by atoms with van der Waals surface area (Å²) in [5.41, 5.74) is 1.72. The minimum atomic E-state index is -0.457. The van der Waals surface area contributed by atoms with Gasteiger partial charge in [-0.15, -0.1) is 0 Å². The van der Waals surface area contributed by atoms with E-state index in [-0.39, 0.29) is 12.5 Å². The molecule has 0 radical (unpaired) electrons. The van der Waals surface area contributed by atoms with Gasteiger partial charge in [0.25, 0.3) is 0 Å². The van der Waals surface area contributed by atoms with Gasteiger partial charge in [-0.1, -0.05) is 18.2 Å². The van der Waals surface area contributed by atoms with Crippen LogP contribution in [0.15, 0.2) is 54.6 Å². The zero-order valence-electron chi connectivity index (χ0n) is 11.7. The van der Waals surface area contributed by atoms with Crippen LogP contribution in [0, 0.1) is 11.3 Å². The number of amides is 3. The number of anilines is 2. The number of para-hydroxylation sites is 1. The van der Waals surface area contributed by atoms with E-state index < -0.39 is 6.03 Å². The molecule has 0 spiro atoms. The highest BCUT2D eigenvalue weighted by molar-refractivity contribution is 5.96. The Balaban J connectivity index is 1.77. The highest BCUT2D eigenvalue weighted by atomic mass is 16.2. The topological polar surface area (TPSA) is 94.0 Å². The maximum absolute atomic E-state index is 11.7. The van der Waals surface area contributed by atoms with Crippen LogP contribution in [0.2, 0.25) is 0 Å². The molecule has 2 aromatic carbocycles. The molecule has 2 aromatic rings. The smallest absolute Gasteiger partial charge is 0.319 e. The van der Waals surface area contributed by atoms with E-state index >= 15 is 0 Å². The van der Waals surface area contributed by atoms with E-state index in [1.165, 1.54) is 0 Å². The van der Waals surface area contributed by atoms with Crippen LogP contribution in [-0.4, -0.2) is 18.5 Å². The van der Waals surface area contributed by atoms with Crippen molar-refractivity contribution in [3.8, 4) is 6.07 Å². The Morgan fingerprint density at radius 1 is 0.909 bits per heavy atom. The van der Waals surface area contributed by atoms with Crippen LogP contribution in [0.4, 0.5) is 16.2 Å². The second kappa shape index (κ2) is 7.45. The maximum atomic E-state index is 11.7. The van der Waals surface area contributed by atoms with Gasteiger partial charge in [0.2, 0.25) is 5.91 Å². The van der Waals surface area contributed by atoms with E-state index in [1.807, 2.05) is 12.1 Å². The Hall–Kier alpha value is -3.33. The molecule has 0 unspecified atom stereocenters. The third kappa shape index (κ3) is 4.65. The van der Waals surface area contributed by atoms with Gasteiger partial charge in [-0.25, -0.2) is 4.79 Å². The van der Waals surface area contributed by atoms with Gasteiger partial charge in [0.05, 0.1) is 18.2 Å². The van der Waals surface area contributed by atoms with E-state index in [2.05, 4.69) is 16.0 Å². The zero-order valence-corrected chi connectivity index (χ0v) is 11.7. The molecule has 0 saturated carbocycles. The summed E-state index contributed by atoms with van der Waals surface area (Å²) in [6.45, 7) is -0.154. The second-order valence-electron chi connectivity index (χ2n) is 4.41. The first kappa shape index (κ1) is 15.1. The summed E-state index contributed by atoms with van der Waals surface area (Å²) in [6, 6.07) is 16.9. The SMILES string of the molecule is N#Cc1ccc(NC(=O)CNC(=O)Nc2ccccc2)cc1. The van der Waals surface area contributed by atoms with Gasteiger partial charge in [0.15, 0.2) is 0 Å². The molecule has 0 heterocycles. The number of hydrogen-bond donors (Lipinski definition) is 3. The summed E-state index contributed by atoms with van der Waals surface area (Å²) in [5, 5.41) is 16.4. The molecule has 0 aromatic heterocycles. The maximum Gasteiger partial charge on any atom is 0.319 e. The summed E-state index contributed by atoms with van der Waals surface area (Å²) in [7, 11) is 0. The third-order valence-corrected chi connectivity index (χ3v) is 2.74. The summed E-state index contributed by atoms with van der Waals surface area (Å²) < 4.78 is 0. The Labute approximate surface area is 127 Å². The van der Waals surface area contributed by atoms with Crippen LogP contribution in [0.3, 0.4) is 0 Å². The Kier molecular flexibility index (Phi) is 5.10. The highest BCUT2D eigenvalue weighted by Gasteiger charge is 2.06. The van der Waals surface area contributed by atoms with Crippen LogP contribution < -0.4 is 16.0 Å². The number of hydrogen-bond acceptors (Lipinski definition) is 3. The number of rotatable bonds is 4. The number of urea groups is 1. The summed E-state index contributed by atoms with van der Waals surface area (Å²) in [4.78, 5) is 23.3. The second-order valence-corrected chi connectivity index (χ2v) is 4.41. The number of benzene rings is 2. The van der Waals surface area contributed by atoms with Crippen molar-refractivity contribution in [3.63, 3.8) is 0 Å². The van der Waals surface area contributed by atoms with Gasteiger partial charge < -0.3 is 16.0 Å². The first-order chi connectivity index (χ1) is 10.7. The van der Waals surface area contributed by atoms with Crippen LogP contribution >= 0.6 is 0 Å². The number of carbonyl (C=O) groups excluding carboxylic acids is 2. The number of carbonyl (C=O) groups is 2. The fraction of sp³-hybridized carbons (Fsp3) is 0.0625. The Bertz CT molecular complexity index is 690. The standard InChI is InChI=1S/C16H14N4O2/c17-10-12-6-8-14(9-7-12)19-15(21)11-18-16(22)20-13-4-2-1-3-5-13/h1-9H,11H2,(H,19,21)(H2,18,20,22). The Morgan fingerprint density at radius 3 is 2.18 bits per heavy atom. The molecule has 0 aliphatic heterocycles. The van der Waals surface area contributed by atoms with E-state index in [4.69, 9.17) is 5.26 Å². The van der Waals surface area contributed by atoms with Crippen molar-refractivity contribution in [1.29, 1.82) is 5.26 Å². The van der Waals surface area contributed by atoms with Crippen molar-refractivity contribution in [3.05, 3.63) is 60.2 Å². The normalized spacial score (nSPS) is 9.41. The van der Waals surface area contributed by atoms with Gasteiger partial charge in [-0.3, -0.25) is 4.79 Å². The summed E-state index contributed by atoms with van der Waals surface area (Å²) in [6.07, 6.45) is 0. The lowest BCUT2D eigenvalue weighted by atomic mass is 10.2. The highest BCUT2D eigenvalue weighted by Crippen LogP contribution is 2.08. The van der Waals surface area contributed by atoms with Crippen LogP contribution in [0.1, 0.15) is 5.56 Å². The molecule has 0 aliphatic rings. The van der Waals surface area contributed by atoms with Crippen LogP contribution in [0.5, 0.6) is 0 Å². The lowest BCUT2D eigenvalue weighted by Crippen LogP contribution is -2.35. The quantitative estimate of drug-likeness (QED) is 0.807. The predicted molar refractivity (Wildman–Crippen MR) is 83.3 cm³/mol. The van der Waals surface area contributed by atoms with Crippen molar-refractivity contribution in [1.82, 2.24) is 5.32 Å². The molecule has 0 bridgehead atoms. The van der Waals surface area contributed by atoms with Crippen molar-refractivity contribution < 1.29 is 9.59 Å². The lowest BCUT2D eigenvalue weighted by molar-refractivity contribution is -0.115. The summed E-state index contributed by atoms with van der Waals surface area (Å²) >= 11 is 0. The van der Waals surface area contributed by atoms with Gasteiger partial charge >= 0.3 is 6.03 Å². The minimum absolute atomic E-state index is 0.154. The van der Waals surface area contributed by atoms with E-state index in [1.54, 1.807) is 48.5 Å². The van der Waals surface area contributed by atoms with Crippen LogP contribution in [-0.2, 0) is 4.79 Å². The van der Waals surface area contributed by atoms with Gasteiger partial charge in [-0.05, 0) is 36.4 Å². The van der Waals surface area contributed by atoms with Gasteiger partial charge in [0, 0.05) is 11.4 Å². The molecule has 110 valence electrons. The van der Waals surface area contributed by atoms with Crippen molar-refractivity contribution in [2.24, 2.45) is 0 Å². The van der Waals surface area contributed by atoms with E-state index in [0.717, 1.165) is 0 Å². The fourth-order valence-electron chi connectivity index (χ4n) is 1.69. The monoisotopic (exact) mass is 294 g/mol. The molecule has 0 fully saturated rings. The number of nitrogens with one attached hydrogen (secondary N) is 3. The molecule has 3 N–H and O–H groups in total. The molecular formula is C16H14N4O2. The van der Waals surface area contributed by atoms with Crippen molar-refractivity contribution in [2.45, 2.75) is 0 Å². The third-order valence-electron chi connectivity index (χ3n) is 2.74. The largest absolute Gasteiger partial charge is 0.329 e. The van der Waals surface area contributed by atoms with Gasteiger partial charge in [-0.2, -0.15) is 5.26 Å². The molecule has 0 saturated heterocycles. The molecule has 0 atom stereocenters. The van der Waals surface area contributed by atoms with Crippen molar-refractivity contribution >= 4 is 23.3 Å². The first-order valence-corrected chi connectivity index (χ1v) is 6.57. The molecular weight excluding hydrogens is 280 g/mol. The predicted octanol–water partition coefficient (Wildman–Crippen LogP) is 2.32. The van der Waals surface area contributed by atoms with Crippen LogP contribution in [0.25, 0.3) is 0 Å². The molecule has 22 heavy (non-hydrogen) atoms. The molecule has 6 heteroatoms. The number of nitrogens with zero attached hydrogens (tertiary/aromatic N) is 1. The number of nitriles is 1. The molecule has 2 rings (SSSR count).